The highest BCUT2D eigenvalue weighted by molar-refractivity contribution is 8.03. The molecule has 0 N–H and O–H groups in total. The predicted octanol–water partition coefficient (Wildman–Crippen LogP) is 3.61. The molecule has 0 bridgehead atoms. The minimum absolute atomic E-state index is 0.373. The van der Waals surface area contributed by atoms with E-state index in [-0.39, 0.29) is 0 Å². The van der Waals surface area contributed by atoms with Gasteiger partial charge in [0.1, 0.15) is 0 Å². The summed E-state index contributed by atoms with van der Waals surface area (Å²) in [6.07, 6.45) is 6.08. The van der Waals surface area contributed by atoms with E-state index in [4.69, 9.17) is 0 Å². The van der Waals surface area contributed by atoms with Crippen molar-refractivity contribution >= 4 is 11.8 Å². The lowest BCUT2D eigenvalue weighted by Crippen LogP contribution is -2.18. The van der Waals surface area contributed by atoms with E-state index in [1.54, 1.807) is 5.57 Å². The van der Waals surface area contributed by atoms with E-state index in [9.17, 15) is 0 Å². The molecule has 0 spiro atoms. The Labute approximate surface area is 79.1 Å². The lowest BCUT2D eigenvalue weighted by molar-refractivity contribution is 0.485. The van der Waals surface area contributed by atoms with Crippen LogP contribution in [0.2, 0.25) is 0 Å². The Bertz CT molecular complexity index is 242. The van der Waals surface area contributed by atoms with E-state index in [0.29, 0.717) is 5.41 Å². The number of hydrogen-bond donors (Lipinski definition) is 0. The van der Waals surface area contributed by atoms with Crippen molar-refractivity contribution < 1.29 is 0 Å². The molecule has 2 rings (SSSR count). The summed E-state index contributed by atoms with van der Waals surface area (Å²) < 4.78 is 0. The van der Waals surface area contributed by atoms with Crippen molar-refractivity contribution in [2.75, 3.05) is 0 Å². The molecule has 0 nitrogen and oxygen atoms in total. The molecule has 0 saturated heterocycles. The van der Waals surface area contributed by atoms with Crippen LogP contribution >= 0.6 is 11.8 Å². The van der Waals surface area contributed by atoms with Gasteiger partial charge in [0.15, 0.2) is 0 Å². The summed E-state index contributed by atoms with van der Waals surface area (Å²) in [7, 11) is 0. The lowest BCUT2D eigenvalue weighted by atomic mass is 9.84. The molecule has 12 heavy (non-hydrogen) atoms. The van der Waals surface area contributed by atoms with Crippen LogP contribution in [0.3, 0.4) is 0 Å². The van der Waals surface area contributed by atoms with Gasteiger partial charge in [0, 0.05) is 5.25 Å². The van der Waals surface area contributed by atoms with Gasteiger partial charge in [0.2, 0.25) is 0 Å². The van der Waals surface area contributed by atoms with Crippen LogP contribution in [0, 0.1) is 11.3 Å². The van der Waals surface area contributed by atoms with E-state index in [1.807, 2.05) is 11.8 Å². The van der Waals surface area contributed by atoms with Crippen molar-refractivity contribution in [3.8, 4) is 0 Å². The molecular weight excluding hydrogens is 164 g/mol. The molecular formula is C11H16S. The van der Waals surface area contributed by atoms with E-state index < -0.39 is 0 Å². The molecule has 1 heteroatoms. The molecule has 0 radical (unpaired) electrons. The molecule has 0 aromatic carbocycles. The van der Waals surface area contributed by atoms with E-state index in [0.717, 1.165) is 11.2 Å². The van der Waals surface area contributed by atoms with Gasteiger partial charge in [-0.25, -0.2) is 0 Å². The predicted molar refractivity (Wildman–Crippen MR) is 56.2 cm³/mol. The molecule has 2 aliphatic rings. The summed E-state index contributed by atoms with van der Waals surface area (Å²) in [4.78, 5) is 0. The van der Waals surface area contributed by atoms with Gasteiger partial charge in [-0.05, 0) is 23.2 Å². The minimum atomic E-state index is 0.373. The molecule has 2 unspecified atom stereocenters. The van der Waals surface area contributed by atoms with E-state index in [1.165, 1.54) is 6.42 Å². The molecule has 1 aliphatic carbocycles. The molecule has 1 heterocycles. The van der Waals surface area contributed by atoms with Crippen LogP contribution in [-0.4, -0.2) is 5.25 Å². The number of allylic oxidation sites excluding steroid dienone is 2. The zero-order valence-corrected chi connectivity index (χ0v) is 8.82. The van der Waals surface area contributed by atoms with Gasteiger partial charge in [-0.2, -0.15) is 0 Å². The summed E-state index contributed by atoms with van der Waals surface area (Å²) >= 11 is 2.00. The first kappa shape index (κ1) is 8.43. The summed E-state index contributed by atoms with van der Waals surface area (Å²) in [6, 6.07) is 0. The van der Waals surface area contributed by atoms with Gasteiger partial charge < -0.3 is 0 Å². The Morgan fingerprint density at radius 2 is 2.17 bits per heavy atom. The number of fused-ring (bicyclic) bond motifs is 1. The molecule has 0 aromatic heterocycles. The summed E-state index contributed by atoms with van der Waals surface area (Å²) in [6.45, 7) is 6.96. The van der Waals surface area contributed by atoms with Crippen molar-refractivity contribution in [2.45, 2.75) is 32.4 Å². The number of rotatable bonds is 0. The zero-order chi connectivity index (χ0) is 8.77. The monoisotopic (exact) mass is 180 g/mol. The quantitative estimate of drug-likeness (QED) is 0.513. The second-order valence-corrected chi connectivity index (χ2v) is 5.75. The summed E-state index contributed by atoms with van der Waals surface area (Å²) in [5.41, 5.74) is 2.03. The van der Waals surface area contributed by atoms with Gasteiger partial charge in [0.25, 0.3) is 0 Å². The highest BCUT2D eigenvalue weighted by Gasteiger charge is 2.36. The zero-order valence-electron chi connectivity index (χ0n) is 8.00. The first-order valence-electron chi connectivity index (χ1n) is 4.62. The number of thioether (sulfide) groups is 1. The van der Waals surface area contributed by atoms with Crippen LogP contribution in [0.25, 0.3) is 0 Å². The van der Waals surface area contributed by atoms with Crippen molar-refractivity contribution in [1.29, 1.82) is 0 Å². The van der Waals surface area contributed by atoms with Crippen LogP contribution < -0.4 is 0 Å². The third-order valence-electron chi connectivity index (χ3n) is 2.72. The average molecular weight is 180 g/mol. The van der Waals surface area contributed by atoms with Crippen LogP contribution in [0.4, 0.5) is 0 Å². The largest absolute Gasteiger partial charge is 0.126 e. The standard InChI is InChI=1S/C11H16S/c1-11(2,3)9-5-4-8-6-7-12-10(8)9/h5-8,10H,4H2,1-3H3. The van der Waals surface area contributed by atoms with E-state index in [2.05, 4.69) is 38.3 Å². The van der Waals surface area contributed by atoms with Crippen LogP contribution in [0.15, 0.2) is 23.1 Å². The fourth-order valence-corrected chi connectivity index (χ4v) is 3.51. The Hall–Kier alpha value is -0.170. The van der Waals surface area contributed by atoms with Crippen molar-refractivity contribution in [3.05, 3.63) is 23.1 Å². The van der Waals surface area contributed by atoms with Crippen molar-refractivity contribution in [1.82, 2.24) is 0 Å². The maximum atomic E-state index is 2.45. The Kier molecular flexibility index (Phi) is 1.87. The van der Waals surface area contributed by atoms with Gasteiger partial charge in [-0.1, -0.05) is 38.5 Å². The molecule has 0 amide bonds. The summed E-state index contributed by atoms with van der Waals surface area (Å²) in [5, 5.41) is 3.04. The topological polar surface area (TPSA) is 0 Å². The third kappa shape index (κ3) is 1.24. The Morgan fingerprint density at radius 3 is 2.83 bits per heavy atom. The Morgan fingerprint density at radius 1 is 1.42 bits per heavy atom. The van der Waals surface area contributed by atoms with E-state index >= 15 is 0 Å². The van der Waals surface area contributed by atoms with Gasteiger partial charge >= 0.3 is 0 Å². The van der Waals surface area contributed by atoms with Gasteiger partial charge in [-0.3, -0.25) is 0 Å². The van der Waals surface area contributed by atoms with Crippen molar-refractivity contribution in [3.63, 3.8) is 0 Å². The second kappa shape index (κ2) is 2.66. The highest BCUT2D eigenvalue weighted by Crippen LogP contribution is 2.47. The SMILES string of the molecule is CC(C)(C)C1=CCC2C=CSC12. The average Bonchev–Trinajstić information content (AvgIpc) is 2.37. The molecule has 0 fully saturated rings. The normalized spacial score (nSPS) is 33.8. The molecule has 66 valence electrons. The fourth-order valence-electron chi connectivity index (χ4n) is 2.05. The maximum absolute atomic E-state index is 2.45. The fraction of sp³-hybridized carbons (Fsp3) is 0.636. The Balaban J connectivity index is 2.20. The second-order valence-electron chi connectivity index (χ2n) is 4.69. The minimum Gasteiger partial charge on any atom is -0.126 e. The van der Waals surface area contributed by atoms with Crippen LogP contribution in [-0.2, 0) is 0 Å². The van der Waals surface area contributed by atoms with Crippen LogP contribution in [0.5, 0.6) is 0 Å². The van der Waals surface area contributed by atoms with Crippen LogP contribution in [0.1, 0.15) is 27.2 Å². The van der Waals surface area contributed by atoms with Gasteiger partial charge in [0.05, 0.1) is 0 Å². The van der Waals surface area contributed by atoms with Gasteiger partial charge in [-0.15, -0.1) is 11.8 Å². The lowest BCUT2D eigenvalue weighted by Gasteiger charge is -2.26. The third-order valence-corrected chi connectivity index (χ3v) is 3.93. The van der Waals surface area contributed by atoms with Crippen molar-refractivity contribution in [2.24, 2.45) is 11.3 Å². The first-order valence-corrected chi connectivity index (χ1v) is 5.56. The summed E-state index contributed by atoms with van der Waals surface area (Å²) in [5.74, 6) is 0.809. The molecule has 0 aromatic rings. The molecule has 2 atom stereocenters. The molecule has 1 aliphatic heterocycles. The highest BCUT2D eigenvalue weighted by atomic mass is 32.2. The first-order chi connectivity index (χ1) is 5.59. The maximum Gasteiger partial charge on any atom is 0.0368 e. The number of hydrogen-bond acceptors (Lipinski definition) is 1. The smallest absolute Gasteiger partial charge is 0.0368 e. The molecule has 0 saturated carbocycles.